The van der Waals surface area contributed by atoms with Gasteiger partial charge >= 0.3 is 0 Å². The summed E-state index contributed by atoms with van der Waals surface area (Å²) in [5.74, 6) is 0. The number of thioether (sulfide) groups is 1. The number of rotatable bonds is 4. The maximum Gasteiger partial charge on any atom is 0.187 e. The van der Waals surface area contributed by atoms with Crippen molar-refractivity contribution in [1.29, 1.82) is 0 Å². The molecule has 25 heavy (non-hydrogen) atoms. The fourth-order valence-electron chi connectivity index (χ4n) is 3.32. The van der Waals surface area contributed by atoms with E-state index in [1.165, 1.54) is 22.4 Å². The fraction of sp³-hybridized carbons (Fsp3) is 0.316. The smallest absolute Gasteiger partial charge is 0.187 e. The Balaban J connectivity index is 1.55. The molecule has 0 N–H and O–H groups in total. The van der Waals surface area contributed by atoms with Crippen molar-refractivity contribution >= 4 is 11.8 Å². The zero-order chi connectivity index (χ0) is 17.2. The first-order chi connectivity index (χ1) is 12.2. The summed E-state index contributed by atoms with van der Waals surface area (Å²) in [7, 11) is 1.99. The lowest BCUT2D eigenvalue weighted by Crippen LogP contribution is -2.31. The van der Waals surface area contributed by atoms with Crippen LogP contribution in [0.1, 0.15) is 16.8 Å². The number of hydrogen-bond donors (Lipinski definition) is 0. The van der Waals surface area contributed by atoms with Crippen molar-refractivity contribution in [3.8, 4) is 11.3 Å². The maximum atomic E-state index is 4.68. The van der Waals surface area contributed by atoms with Crippen molar-refractivity contribution < 1.29 is 0 Å². The molecule has 0 saturated heterocycles. The minimum absolute atomic E-state index is 0.867. The third kappa shape index (κ3) is 3.45. The van der Waals surface area contributed by atoms with E-state index >= 15 is 0 Å². The van der Waals surface area contributed by atoms with Crippen LogP contribution in [0.3, 0.4) is 0 Å². The second-order valence-corrected chi connectivity index (χ2v) is 7.11. The molecular weight excluding hydrogens is 330 g/mol. The molecule has 0 aliphatic carbocycles. The lowest BCUT2D eigenvalue weighted by atomic mass is 10.0. The van der Waals surface area contributed by atoms with Crippen LogP contribution in [0, 0.1) is 0 Å². The molecule has 0 amide bonds. The van der Waals surface area contributed by atoms with Crippen LogP contribution in [0.2, 0.25) is 0 Å². The van der Waals surface area contributed by atoms with Crippen LogP contribution in [0.15, 0.2) is 47.9 Å². The lowest BCUT2D eigenvalue weighted by molar-refractivity contribution is 0.242. The molecule has 0 saturated carbocycles. The Morgan fingerprint density at radius 1 is 1.20 bits per heavy atom. The quantitative estimate of drug-likeness (QED) is 0.534. The molecule has 0 atom stereocenters. The van der Waals surface area contributed by atoms with E-state index in [0.29, 0.717) is 0 Å². The van der Waals surface area contributed by atoms with Gasteiger partial charge in [0.1, 0.15) is 0 Å². The second-order valence-electron chi connectivity index (χ2n) is 6.33. The van der Waals surface area contributed by atoms with Gasteiger partial charge in [-0.3, -0.25) is 9.58 Å². The van der Waals surface area contributed by atoms with Crippen molar-refractivity contribution in [2.45, 2.75) is 24.7 Å². The SMILES string of the molecule is CSc1ncc2c(n1)CCN(Cc1cn(C)nc1-c1ccccc1)C2. The predicted molar refractivity (Wildman–Crippen MR) is 100 cm³/mol. The number of fused-ring (bicyclic) bond motifs is 1. The van der Waals surface area contributed by atoms with Gasteiger partial charge in [-0.05, 0) is 6.26 Å². The molecule has 3 aromatic rings. The average molecular weight is 351 g/mol. The molecule has 0 radical (unpaired) electrons. The van der Waals surface area contributed by atoms with Crippen LogP contribution >= 0.6 is 11.8 Å². The highest BCUT2D eigenvalue weighted by molar-refractivity contribution is 7.98. The van der Waals surface area contributed by atoms with Crippen LogP contribution in [0.25, 0.3) is 11.3 Å². The first-order valence-electron chi connectivity index (χ1n) is 8.42. The van der Waals surface area contributed by atoms with E-state index < -0.39 is 0 Å². The van der Waals surface area contributed by atoms with Gasteiger partial charge in [-0.25, -0.2) is 9.97 Å². The van der Waals surface area contributed by atoms with E-state index in [1.807, 2.05) is 30.2 Å². The summed E-state index contributed by atoms with van der Waals surface area (Å²) >= 11 is 1.60. The topological polar surface area (TPSA) is 46.8 Å². The molecule has 1 aliphatic rings. The molecule has 3 heterocycles. The molecule has 1 aliphatic heterocycles. The van der Waals surface area contributed by atoms with Gasteiger partial charge in [-0.15, -0.1) is 0 Å². The Morgan fingerprint density at radius 3 is 2.84 bits per heavy atom. The summed E-state index contributed by atoms with van der Waals surface area (Å²) in [6.07, 6.45) is 7.11. The molecule has 0 fully saturated rings. The summed E-state index contributed by atoms with van der Waals surface area (Å²) in [6, 6.07) is 10.4. The summed E-state index contributed by atoms with van der Waals surface area (Å²) < 4.78 is 1.91. The highest BCUT2D eigenvalue weighted by atomic mass is 32.2. The Morgan fingerprint density at radius 2 is 2.04 bits per heavy atom. The van der Waals surface area contributed by atoms with E-state index in [0.717, 1.165) is 36.9 Å². The first-order valence-corrected chi connectivity index (χ1v) is 9.64. The second kappa shape index (κ2) is 6.98. The Bertz CT molecular complexity index is 875. The van der Waals surface area contributed by atoms with Gasteiger partial charge in [0, 0.05) is 62.2 Å². The Kier molecular flexibility index (Phi) is 4.55. The minimum Gasteiger partial charge on any atom is -0.294 e. The maximum absolute atomic E-state index is 4.68. The molecule has 128 valence electrons. The average Bonchev–Trinajstić information content (AvgIpc) is 3.02. The molecular formula is C19H21N5S. The van der Waals surface area contributed by atoms with Crippen LogP contribution in [-0.2, 0) is 26.6 Å². The van der Waals surface area contributed by atoms with Gasteiger partial charge in [-0.1, -0.05) is 42.1 Å². The predicted octanol–water partition coefficient (Wildman–Crippen LogP) is 3.16. The summed E-state index contributed by atoms with van der Waals surface area (Å²) in [5, 5.41) is 5.54. The van der Waals surface area contributed by atoms with E-state index in [9.17, 15) is 0 Å². The van der Waals surface area contributed by atoms with Crippen molar-refractivity contribution in [3.05, 3.63) is 59.5 Å². The molecule has 5 nitrogen and oxygen atoms in total. The highest BCUT2D eigenvalue weighted by Gasteiger charge is 2.20. The zero-order valence-electron chi connectivity index (χ0n) is 14.5. The van der Waals surface area contributed by atoms with E-state index in [-0.39, 0.29) is 0 Å². The van der Waals surface area contributed by atoms with Crippen LogP contribution in [0.5, 0.6) is 0 Å². The van der Waals surface area contributed by atoms with Gasteiger partial charge in [0.2, 0.25) is 0 Å². The van der Waals surface area contributed by atoms with Gasteiger partial charge in [0.15, 0.2) is 5.16 Å². The van der Waals surface area contributed by atoms with Crippen LogP contribution < -0.4 is 0 Å². The van der Waals surface area contributed by atoms with Crippen LogP contribution in [0.4, 0.5) is 0 Å². The molecule has 0 unspecified atom stereocenters. The zero-order valence-corrected chi connectivity index (χ0v) is 15.3. The van der Waals surface area contributed by atoms with Gasteiger partial charge in [-0.2, -0.15) is 5.10 Å². The van der Waals surface area contributed by atoms with Crippen molar-refractivity contribution in [2.24, 2.45) is 7.05 Å². The highest BCUT2D eigenvalue weighted by Crippen LogP contribution is 2.25. The number of hydrogen-bond acceptors (Lipinski definition) is 5. The standard InChI is InChI=1S/C19H21N5S/c1-23-11-16(18(22-23)14-6-4-3-5-7-14)13-24-9-8-17-15(12-24)10-20-19(21-17)25-2/h3-7,10-11H,8-9,12-13H2,1-2H3. The molecule has 1 aromatic carbocycles. The third-order valence-corrected chi connectivity index (χ3v) is 5.08. The molecule has 6 heteroatoms. The van der Waals surface area contributed by atoms with Crippen molar-refractivity contribution in [1.82, 2.24) is 24.6 Å². The number of benzene rings is 1. The molecule has 4 rings (SSSR count). The molecule has 0 spiro atoms. The summed E-state index contributed by atoms with van der Waals surface area (Å²) in [4.78, 5) is 11.5. The van der Waals surface area contributed by atoms with E-state index in [2.05, 4.69) is 50.4 Å². The molecule has 0 bridgehead atoms. The van der Waals surface area contributed by atoms with Gasteiger partial charge < -0.3 is 0 Å². The fourth-order valence-corrected chi connectivity index (χ4v) is 3.68. The summed E-state index contributed by atoms with van der Waals surface area (Å²) in [5.41, 5.74) is 5.95. The van der Waals surface area contributed by atoms with E-state index in [4.69, 9.17) is 0 Å². The van der Waals surface area contributed by atoms with Crippen LogP contribution in [-0.4, -0.2) is 37.4 Å². The normalized spacial score (nSPS) is 14.5. The number of aromatic nitrogens is 4. The molecule has 2 aromatic heterocycles. The monoisotopic (exact) mass is 351 g/mol. The minimum atomic E-state index is 0.867. The van der Waals surface area contributed by atoms with Gasteiger partial charge in [0.05, 0.1) is 11.4 Å². The third-order valence-electron chi connectivity index (χ3n) is 4.52. The Labute approximate surface area is 152 Å². The van der Waals surface area contributed by atoms with E-state index in [1.54, 1.807) is 11.8 Å². The number of aryl methyl sites for hydroxylation is 1. The van der Waals surface area contributed by atoms with Gasteiger partial charge in [0.25, 0.3) is 0 Å². The first kappa shape index (κ1) is 16.3. The van der Waals surface area contributed by atoms with Crippen molar-refractivity contribution in [2.75, 3.05) is 12.8 Å². The largest absolute Gasteiger partial charge is 0.294 e. The Hall–Kier alpha value is -2.18. The summed E-state index contributed by atoms with van der Waals surface area (Å²) in [6.45, 7) is 2.80. The number of nitrogens with zero attached hydrogens (tertiary/aromatic N) is 5. The lowest BCUT2D eigenvalue weighted by Gasteiger charge is -2.27. The van der Waals surface area contributed by atoms with Crippen molar-refractivity contribution in [3.63, 3.8) is 0 Å².